The summed E-state index contributed by atoms with van der Waals surface area (Å²) in [5.74, 6) is -0.912. The van der Waals surface area contributed by atoms with Crippen molar-refractivity contribution in [1.82, 2.24) is 0 Å². The fraction of sp³-hybridized carbons (Fsp3) is 0.538. The number of nitrogens with two attached hydrogens (primary N) is 1. The molecule has 100 valence electrons. The molecule has 1 heterocycles. The van der Waals surface area contributed by atoms with E-state index in [1.165, 1.54) is 6.07 Å². The zero-order valence-corrected chi connectivity index (χ0v) is 10.4. The number of ether oxygens (including phenoxy) is 1. The van der Waals surface area contributed by atoms with Crippen LogP contribution in [-0.4, -0.2) is 19.3 Å². The molecule has 1 aromatic carbocycles. The number of hydrogen-bond acceptors (Lipinski definition) is 3. The number of hydrogen-bond donors (Lipinski definition) is 2. The zero-order valence-electron chi connectivity index (χ0n) is 10.4. The van der Waals surface area contributed by atoms with E-state index in [1.54, 1.807) is 0 Å². The standard InChI is InChI=1S/C13H18F2N2O/c1-8(9-2-4-18-5-3-9)17-12-7-10(14)6-11(15)13(12)16/h6-9,17H,2-5,16H2,1H3. The number of nitrogens with one attached hydrogen (secondary N) is 1. The number of halogens is 2. The molecular formula is C13H18F2N2O. The molecule has 1 fully saturated rings. The van der Waals surface area contributed by atoms with Gasteiger partial charge in [0.25, 0.3) is 0 Å². The van der Waals surface area contributed by atoms with Gasteiger partial charge in [0.1, 0.15) is 5.82 Å². The van der Waals surface area contributed by atoms with Crippen LogP contribution in [0.1, 0.15) is 19.8 Å². The van der Waals surface area contributed by atoms with E-state index in [9.17, 15) is 8.78 Å². The van der Waals surface area contributed by atoms with E-state index >= 15 is 0 Å². The molecule has 2 rings (SSSR count). The van der Waals surface area contributed by atoms with Crippen LogP contribution >= 0.6 is 0 Å². The summed E-state index contributed by atoms with van der Waals surface area (Å²) in [6, 6.07) is 2.13. The van der Waals surface area contributed by atoms with Crippen LogP contribution in [0.2, 0.25) is 0 Å². The lowest BCUT2D eigenvalue weighted by atomic mass is 9.92. The first-order valence-electron chi connectivity index (χ1n) is 6.16. The Morgan fingerprint density at radius 1 is 1.33 bits per heavy atom. The van der Waals surface area contributed by atoms with Gasteiger partial charge < -0.3 is 15.8 Å². The van der Waals surface area contributed by atoms with Crippen LogP contribution in [0, 0.1) is 17.6 Å². The van der Waals surface area contributed by atoms with Crippen LogP contribution in [0.5, 0.6) is 0 Å². The largest absolute Gasteiger partial charge is 0.395 e. The van der Waals surface area contributed by atoms with E-state index in [0.29, 0.717) is 11.6 Å². The van der Waals surface area contributed by atoms with Crippen LogP contribution in [0.4, 0.5) is 20.2 Å². The van der Waals surface area contributed by atoms with Gasteiger partial charge in [0, 0.05) is 25.3 Å². The Labute approximate surface area is 105 Å². The third-order valence-electron chi connectivity index (χ3n) is 3.45. The van der Waals surface area contributed by atoms with E-state index in [1.807, 2.05) is 6.92 Å². The number of benzene rings is 1. The SMILES string of the molecule is CC(Nc1cc(F)cc(F)c1N)C1CCOCC1. The van der Waals surface area contributed by atoms with E-state index < -0.39 is 11.6 Å². The third-order valence-corrected chi connectivity index (χ3v) is 3.45. The van der Waals surface area contributed by atoms with Crippen molar-refractivity contribution in [3.63, 3.8) is 0 Å². The normalized spacial score (nSPS) is 18.6. The van der Waals surface area contributed by atoms with Gasteiger partial charge in [-0.15, -0.1) is 0 Å². The van der Waals surface area contributed by atoms with Crippen LogP contribution in [0.3, 0.4) is 0 Å². The molecule has 5 heteroatoms. The Hall–Kier alpha value is -1.36. The lowest BCUT2D eigenvalue weighted by Gasteiger charge is -2.29. The minimum absolute atomic E-state index is 0.0321. The molecule has 18 heavy (non-hydrogen) atoms. The molecule has 1 aliphatic rings. The highest BCUT2D eigenvalue weighted by Crippen LogP contribution is 2.27. The molecule has 0 bridgehead atoms. The summed E-state index contributed by atoms with van der Waals surface area (Å²) in [6.45, 7) is 3.48. The molecular weight excluding hydrogens is 238 g/mol. The van der Waals surface area contributed by atoms with Crippen molar-refractivity contribution in [3.8, 4) is 0 Å². The minimum atomic E-state index is -0.725. The van der Waals surface area contributed by atoms with Crippen molar-refractivity contribution >= 4 is 11.4 Å². The highest BCUT2D eigenvalue weighted by molar-refractivity contribution is 5.67. The van der Waals surface area contributed by atoms with Gasteiger partial charge in [-0.05, 0) is 31.7 Å². The van der Waals surface area contributed by atoms with Gasteiger partial charge in [-0.1, -0.05) is 0 Å². The molecule has 0 spiro atoms. The van der Waals surface area contributed by atoms with E-state index in [2.05, 4.69) is 5.32 Å². The second-order valence-electron chi connectivity index (χ2n) is 4.73. The summed E-state index contributed by atoms with van der Waals surface area (Å²) >= 11 is 0. The van der Waals surface area contributed by atoms with Crippen LogP contribution in [-0.2, 0) is 4.74 Å². The zero-order chi connectivity index (χ0) is 13.1. The summed E-state index contributed by atoms with van der Waals surface area (Å²) in [5, 5.41) is 3.10. The molecule has 3 nitrogen and oxygen atoms in total. The molecule has 0 aromatic heterocycles. The first-order chi connectivity index (χ1) is 8.58. The molecule has 0 aliphatic carbocycles. The van der Waals surface area contributed by atoms with Gasteiger partial charge in [-0.3, -0.25) is 0 Å². The maximum absolute atomic E-state index is 13.3. The fourth-order valence-corrected chi connectivity index (χ4v) is 2.28. The highest BCUT2D eigenvalue weighted by atomic mass is 19.1. The topological polar surface area (TPSA) is 47.3 Å². The Kier molecular flexibility index (Phi) is 4.01. The van der Waals surface area contributed by atoms with Gasteiger partial charge in [-0.25, -0.2) is 8.78 Å². The molecule has 0 amide bonds. The van der Waals surface area contributed by atoms with Crippen LogP contribution in [0.15, 0.2) is 12.1 Å². The minimum Gasteiger partial charge on any atom is -0.395 e. The highest BCUT2D eigenvalue weighted by Gasteiger charge is 2.21. The maximum Gasteiger partial charge on any atom is 0.151 e. The average Bonchev–Trinajstić information content (AvgIpc) is 2.36. The predicted molar refractivity (Wildman–Crippen MR) is 67.4 cm³/mol. The number of rotatable bonds is 3. The summed E-state index contributed by atoms with van der Waals surface area (Å²) in [6.07, 6.45) is 1.90. The quantitative estimate of drug-likeness (QED) is 0.817. The van der Waals surface area contributed by atoms with Crippen LogP contribution < -0.4 is 11.1 Å². The molecule has 0 radical (unpaired) electrons. The van der Waals surface area contributed by atoms with Gasteiger partial charge in [0.05, 0.1) is 11.4 Å². The van der Waals surface area contributed by atoms with Gasteiger partial charge >= 0.3 is 0 Å². The smallest absolute Gasteiger partial charge is 0.151 e. The predicted octanol–water partition coefficient (Wildman–Crippen LogP) is 2.77. The van der Waals surface area contributed by atoms with Crippen molar-refractivity contribution in [2.75, 3.05) is 24.3 Å². The Balaban J connectivity index is 2.08. The second kappa shape index (κ2) is 5.52. The molecule has 1 aliphatic heterocycles. The van der Waals surface area contributed by atoms with Crippen molar-refractivity contribution in [2.24, 2.45) is 5.92 Å². The number of nitrogen functional groups attached to an aromatic ring is 1. The average molecular weight is 256 g/mol. The molecule has 3 N–H and O–H groups in total. The van der Waals surface area contributed by atoms with E-state index in [4.69, 9.17) is 10.5 Å². The first-order valence-corrected chi connectivity index (χ1v) is 6.16. The van der Waals surface area contributed by atoms with E-state index in [0.717, 1.165) is 32.1 Å². The Morgan fingerprint density at radius 3 is 2.67 bits per heavy atom. The summed E-state index contributed by atoms with van der Waals surface area (Å²) in [7, 11) is 0. The van der Waals surface area contributed by atoms with Crippen molar-refractivity contribution in [1.29, 1.82) is 0 Å². The Morgan fingerprint density at radius 2 is 2.00 bits per heavy atom. The van der Waals surface area contributed by atoms with Crippen molar-refractivity contribution < 1.29 is 13.5 Å². The van der Waals surface area contributed by atoms with Crippen LogP contribution in [0.25, 0.3) is 0 Å². The lowest BCUT2D eigenvalue weighted by Crippen LogP contribution is -2.31. The molecule has 0 saturated carbocycles. The molecule has 1 unspecified atom stereocenters. The lowest BCUT2D eigenvalue weighted by molar-refractivity contribution is 0.0622. The molecule has 1 atom stereocenters. The van der Waals surface area contributed by atoms with Gasteiger partial charge in [0.15, 0.2) is 5.82 Å². The van der Waals surface area contributed by atoms with Crippen molar-refractivity contribution in [3.05, 3.63) is 23.8 Å². The summed E-state index contributed by atoms with van der Waals surface area (Å²) in [5.41, 5.74) is 5.89. The maximum atomic E-state index is 13.3. The second-order valence-corrected chi connectivity index (χ2v) is 4.73. The van der Waals surface area contributed by atoms with Gasteiger partial charge in [0.2, 0.25) is 0 Å². The molecule has 1 saturated heterocycles. The summed E-state index contributed by atoms with van der Waals surface area (Å²) < 4.78 is 31.7. The van der Waals surface area contributed by atoms with E-state index in [-0.39, 0.29) is 11.7 Å². The third kappa shape index (κ3) is 2.90. The molecule has 1 aromatic rings. The fourth-order valence-electron chi connectivity index (χ4n) is 2.28. The Bertz CT molecular complexity index is 420. The summed E-state index contributed by atoms with van der Waals surface area (Å²) in [4.78, 5) is 0. The van der Waals surface area contributed by atoms with Crippen molar-refractivity contribution in [2.45, 2.75) is 25.8 Å². The van der Waals surface area contributed by atoms with Gasteiger partial charge in [-0.2, -0.15) is 0 Å². The first kappa shape index (κ1) is 13.1. The monoisotopic (exact) mass is 256 g/mol. The number of anilines is 2.